The minimum absolute atomic E-state index is 0.519. The zero-order valence-corrected chi connectivity index (χ0v) is 28.8. The van der Waals surface area contributed by atoms with E-state index in [2.05, 4.69) is 169 Å². The summed E-state index contributed by atoms with van der Waals surface area (Å²) in [6.07, 6.45) is -0.519. The van der Waals surface area contributed by atoms with Gasteiger partial charge in [-0.2, -0.15) is 0 Å². The van der Waals surface area contributed by atoms with Crippen molar-refractivity contribution in [1.82, 2.24) is 5.32 Å². The quantitative estimate of drug-likeness (QED) is 0.190. The number of furan rings is 1. The van der Waals surface area contributed by atoms with Gasteiger partial charge in [-0.1, -0.05) is 158 Å². The van der Waals surface area contributed by atoms with Crippen LogP contribution in [0.4, 0.5) is 0 Å². The van der Waals surface area contributed by atoms with Crippen LogP contribution in [0.2, 0.25) is 0 Å². The second-order valence-corrected chi connectivity index (χ2v) is 13.4. The van der Waals surface area contributed by atoms with E-state index in [-0.39, 0.29) is 0 Å². The highest BCUT2D eigenvalue weighted by atomic mass is 16.3. The highest BCUT2D eigenvalue weighted by Crippen LogP contribution is 2.39. The number of nitrogens with zero attached hydrogens (tertiary/aromatic N) is 2. The molecule has 0 radical (unpaired) electrons. The van der Waals surface area contributed by atoms with Crippen molar-refractivity contribution in [3.05, 3.63) is 205 Å². The van der Waals surface area contributed by atoms with Crippen LogP contribution in [0.25, 0.3) is 66.1 Å². The van der Waals surface area contributed by atoms with Gasteiger partial charge >= 0.3 is 0 Å². The van der Waals surface area contributed by atoms with Gasteiger partial charge in [0, 0.05) is 27.5 Å². The number of nitrogens with one attached hydrogen (secondary N) is 1. The smallest absolute Gasteiger partial charge is 0.170 e. The molecule has 10 rings (SSSR count). The van der Waals surface area contributed by atoms with Crippen LogP contribution in [0, 0.1) is 0 Å². The van der Waals surface area contributed by atoms with Gasteiger partial charge in [0.15, 0.2) is 6.17 Å². The molecule has 1 aliphatic rings. The van der Waals surface area contributed by atoms with Gasteiger partial charge in [0.05, 0.1) is 0 Å². The lowest BCUT2D eigenvalue weighted by Gasteiger charge is -2.24. The maximum absolute atomic E-state index is 6.53. The molecule has 1 aliphatic heterocycles. The largest absolute Gasteiger partial charge is 0.456 e. The molecular weight excluding hydrogens is 647 g/mol. The number of aliphatic imine (C=N–C) groups is 2. The van der Waals surface area contributed by atoms with E-state index < -0.39 is 6.17 Å². The molecule has 4 nitrogen and oxygen atoms in total. The Labute approximate surface area is 307 Å². The van der Waals surface area contributed by atoms with Crippen molar-refractivity contribution in [1.29, 1.82) is 0 Å². The highest BCUT2D eigenvalue weighted by molar-refractivity contribution is 6.19. The molecule has 0 aliphatic carbocycles. The average molecular weight is 680 g/mol. The van der Waals surface area contributed by atoms with Gasteiger partial charge in [-0.05, 0) is 74.5 Å². The molecule has 0 bridgehead atoms. The zero-order chi connectivity index (χ0) is 35.1. The van der Waals surface area contributed by atoms with Crippen LogP contribution in [0.5, 0.6) is 0 Å². The van der Waals surface area contributed by atoms with E-state index in [1.165, 1.54) is 16.5 Å². The van der Waals surface area contributed by atoms with Crippen molar-refractivity contribution in [2.24, 2.45) is 9.98 Å². The Morgan fingerprint density at radius 1 is 0.396 bits per heavy atom. The molecule has 1 aromatic heterocycles. The topological polar surface area (TPSA) is 49.9 Å². The molecule has 4 heteroatoms. The fourth-order valence-electron chi connectivity index (χ4n) is 7.51. The van der Waals surface area contributed by atoms with Gasteiger partial charge in [-0.25, -0.2) is 9.98 Å². The fraction of sp³-hybridized carbons (Fsp3) is 0.0204. The van der Waals surface area contributed by atoms with E-state index in [1.54, 1.807) is 0 Å². The molecular formula is C49H33N3O. The second kappa shape index (κ2) is 12.9. The van der Waals surface area contributed by atoms with Crippen molar-refractivity contribution >= 4 is 44.4 Å². The first-order valence-electron chi connectivity index (χ1n) is 17.9. The van der Waals surface area contributed by atoms with Crippen LogP contribution in [0.15, 0.2) is 202 Å². The lowest BCUT2D eigenvalue weighted by Crippen LogP contribution is -2.36. The number of hydrogen-bond donors (Lipinski definition) is 1. The number of hydrogen-bond acceptors (Lipinski definition) is 4. The molecule has 53 heavy (non-hydrogen) atoms. The van der Waals surface area contributed by atoms with Gasteiger partial charge in [0.25, 0.3) is 0 Å². The van der Waals surface area contributed by atoms with Gasteiger partial charge in [0.2, 0.25) is 0 Å². The Kier molecular flexibility index (Phi) is 7.51. The van der Waals surface area contributed by atoms with E-state index in [0.29, 0.717) is 0 Å². The Morgan fingerprint density at radius 2 is 0.981 bits per heavy atom. The van der Waals surface area contributed by atoms with Crippen molar-refractivity contribution in [3.8, 4) is 33.4 Å². The molecule has 0 fully saturated rings. The first-order valence-corrected chi connectivity index (χ1v) is 17.9. The molecule has 0 saturated carbocycles. The number of fused-ring (bicyclic) bond motifs is 4. The number of benzene rings is 8. The van der Waals surface area contributed by atoms with Crippen LogP contribution < -0.4 is 5.32 Å². The summed E-state index contributed by atoms with van der Waals surface area (Å²) < 4.78 is 6.53. The van der Waals surface area contributed by atoms with Gasteiger partial charge < -0.3 is 9.73 Å². The Hall–Kier alpha value is -7.04. The second-order valence-electron chi connectivity index (χ2n) is 13.4. The lowest BCUT2D eigenvalue weighted by atomic mass is 9.97. The summed E-state index contributed by atoms with van der Waals surface area (Å²) in [5.74, 6) is 1.54. The third-order valence-corrected chi connectivity index (χ3v) is 10.1. The minimum Gasteiger partial charge on any atom is -0.456 e. The Balaban J connectivity index is 1.14. The van der Waals surface area contributed by atoms with E-state index in [9.17, 15) is 0 Å². The first kappa shape index (κ1) is 30.8. The maximum atomic E-state index is 6.53. The van der Waals surface area contributed by atoms with Crippen molar-refractivity contribution in [2.45, 2.75) is 6.17 Å². The summed E-state index contributed by atoms with van der Waals surface area (Å²) in [4.78, 5) is 10.7. The van der Waals surface area contributed by atoms with Gasteiger partial charge in [-0.15, -0.1) is 0 Å². The van der Waals surface area contributed by atoms with Gasteiger partial charge in [-0.3, -0.25) is 0 Å². The van der Waals surface area contributed by atoms with Crippen LogP contribution in [0.1, 0.15) is 22.9 Å². The Morgan fingerprint density at radius 3 is 1.72 bits per heavy atom. The van der Waals surface area contributed by atoms with Crippen molar-refractivity contribution in [2.75, 3.05) is 0 Å². The number of amidine groups is 2. The molecule has 0 saturated heterocycles. The SMILES string of the molecule is c1ccc(-c2ccc3ccc(C4=NC(c5cccc6oc7cc(-c8ccccc8)ccc7c56)N=C(c5ccccc5-c5ccccc5)N4)cc3c2)cc1. The molecule has 2 heterocycles. The average Bonchev–Trinajstić information content (AvgIpc) is 3.62. The molecule has 250 valence electrons. The predicted octanol–water partition coefficient (Wildman–Crippen LogP) is 12.2. The standard InChI is InChI=1S/C49H33N3O/c1-4-13-32(14-5-1)36-25-23-34-24-26-38(30-39(34)29-36)47-50-48(41-20-11-10-19-40(41)35-17-8-3-9-18-35)52-49(51-47)43-21-12-22-44-46(43)42-28-27-37(31-45(42)53-44)33-15-6-2-7-16-33/h1-31,49H,(H,50,51,52). The highest BCUT2D eigenvalue weighted by Gasteiger charge is 2.25. The van der Waals surface area contributed by atoms with Gasteiger partial charge in [0.1, 0.15) is 22.8 Å². The van der Waals surface area contributed by atoms with Crippen LogP contribution in [-0.2, 0) is 0 Å². The van der Waals surface area contributed by atoms with E-state index in [4.69, 9.17) is 14.4 Å². The summed E-state index contributed by atoms with van der Waals surface area (Å²) >= 11 is 0. The van der Waals surface area contributed by atoms with Crippen molar-refractivity contribution < 1.29 is 4.42 Å². The molecule has 1 unspecified atom stereocenters. The molecule has 9 aromatic rings. The maximum Gasteiger partial charge on any atom is 0.170 e. The molecule has 1 N–H and O–H groups in total. The molecule has 0 spiro atoms. The van der Waals surface area contributed by atoms with E-state index >= 15 is 0 Å². The third kappa shape index (κ3) is 5.67. The van der Waals surface area contributed by atoms with Crippen LogP contribution >= 0.6 is 0 Å². The summed E-state index contributed by atoms with van der Waals surface area (Å²) in [5, 5.41) is 8.09. The monoisotopic (exact) mass is 679 g/mol. The number of rotatable bonds is 6. The summed E-state index contributed by atoms with van der Waals surface area (Å²) in [7, 11) is 0. The summed E-state index contributed by atoms with van der Waals surface area (Å²) in [6, 6.07) is 65.7. The lowest BCUT2D eigenvalue weighted by molar-refractivity contribution is 0.668. The molecule has 0 amide bonds. The van der Waals surface area contributed by atoms with Crippen molar-refractivity contribution in [3.63, 3.8) is 0 Å². The van der Waals surface area contributed by atoms with Crippen LogP contribution in [-0.4, -0.2) is 11.7 Å². The van der Waals surface area contributed by atoms with Crippen LogP contribution in [0.3, 0.4) is 0 Å². The summed E-state index contributed by atoms with van der Waals surface area (Å²) in [6.45, 7) is 0. The third-order valence-electron chi connectivity index (χ3n) is 10.1. The predicted molar refractivity (Wildman–Crippen MR) is 219 cm³/mol. The Bertz CT molecular complexity index is 2850. The summed E-state index contributed by atoms with van der Waals surface area (Å²) in [5.41, 5.74) is 11.5. The zero-order valence-electron chi connectivity index (χ0n) is 28.8. The van der Waals surface area contributed by atoms with E-state index in [1.807, 2.05) is 24.3 Å². The minimum atomic E-state index is -0.519. The fourth-order valence-corrected chi connectivity index (χ4v) is 7.51. The first-order chi connectivity index (χ1) is 26.2. The molecule has 1 atom stereocenters. The normalized spacial score (nSPS) is 14.2. The van der Waals surface area contributed by atoms with E-state index in [0.717, 1.165) is 77.9 Å². The molecule has 8 aromatic carbocycles.